The summed E-state index contributed by atoms with van der Waals surface area (Å²) in [6.07, 6.45) is 3.82. The number of aryl methyl sites for hydroxylation is 1. The lowest BCUT2D eigenvalue weighted by molar-refractivity contribution is -0.121. The van der Waals surface area contributed by atoms with Crippen LogP contribution in [-0.2, 0) is 11.2 Å². The maximum absolute atomic E-state index is 11.7. The Morgan fingerprint density at radius 1 is 0.960 bits per heavy atom. The van der Waals surface area contributed by atoms with Crippen LogP contribution in [-0.4, -0.2) is 32.5 Å². The van der Waals surface area contributed by atoms with Crippen molar-refractivity contribution in [2.45, 2.75) is 25.7 Å². The number of phenols is 4. The summed E-state index contributed by atoms with van der Waals surface area (Å²) in [5, 5.41) is 41.1. The van der Waals surface area contributed by atoms with E-state index in [9.17, 15) is 25.2 Å². The van der Waals surface area contributed by atoms with Gasteiger partial charge in [0.15, 0.2) is 11.5 Å². The average molecular weight is 344 g/mol. The van der Waals surface area contributed by atoms with Crippen molar-refractivity contribution in [2.75, 3.05) is 0 Å². The number of nitrogens with zero attached hydrogens (tertiary/aromatic N) is 1. The molecule has 0 aliphatic rings. The van der Waals surface area contributed by atoms with Crippen LogP contribution >= 0.6 is 0 Å². The minimum atomic E-state index is -0.635. The van der Waals surface area contributed by atoms with Crippen LogP contribution < -0.4 is 5.43 Å². The van der Waals surface area contributed by atoms with E-state index in [0.717, 1.165) is 18.4 Å². The smallest absolute Gasteiger partial charge is 0.240 e. The Morgan fingerprint density at radius 2 is 1.68 bits per heavy atom. The summed E-state index contributed by atoms with van der Waals surface area (Å²) in [6.45, 7) is 0. The molecule has 2 aromatic rings. The van der Waals surface area contributed by atoms with E-state index in [4.69, 9.17) is 0 Å². The number of rotatable bonds is 7. The van der Waals surface area contributed by atoms with Gasteiger partial charge in [-0.25, -0.2) is 5.43 Å². The number of phenolic OH excluding ortho intramolecular Hbond substituents is 4. The van der Waals surface area contributed by atoms with E-state index in [-0.39, 0.29) is 17.2 Å². The van der Waals surface area contributed by atoms with Gasteiger partial charge in [0, 0.05) is 12.0 Å². The zero-order valence-electron chi connectivity index (χ0n) is 13.5. The molecule has 132 valence electrons. The molecule has 2 aromatic carbocycles. The van der Waals surface area contributed by atoms with Gasteiger partial charge in [0.05, 0.1) is 6.21 Å². The van der Waals surface area contributed by atoms with E-state index < -0.39 is 17.2 Å². The van der Waals surface area contributed by atoms with Gasteiger partial charge in [-0.15, -0.1) is 0 Å². The van der Waals surface area contributed by atoms with E-state index in [0.29, 0.717) is 12.8 Å². The maximum Gasteiger partial charge on any atom is 0.240 e. The molecule has 0 aliphatic carbocycles. The fourth-order valence-corrected chi connectivity index (χ4v) is 2.20. The van der Waals surface area contributed by atoms with E-state index in [1.54, 1.807) is 12.1 Å². The molecule has 7 heteroatoms. The Balaban J connectivity index is 1.72. The van der Waals surface area contributed by atoms with Gasteiger partial charge >= 0.3 is 0 Å². The first kappa shape index (κ1) is 18.1. The summed E-state index contributed by atoms with van der Waals surface area (Å²) in [5.41, 5.74) is 3.61. The maximum atomic E-state index is 11.7. The second-order valence-electron chi connectivity index (χ2n) is 5.54. The zero-order chi connectivity index (χ0) is 18.2. The van der Waals surface area contributed by atoms with Crippen molar-refractivity contribution in [1.82, 2.24) is 5.43 Å². The SMILES string of the molecule is O=C(CCCCc1ccc(O)cc1)N/N=C/c1ccc(O)c(O)c1O. The van der Waals surface area contributed by atoms with Crippen LogP contribution in [0.2, 0.25) is 0 Å². The van der Waals surface area contributed by atoms with Crippen LogP contribution in [0.3, 0.4) is 0 Å². The summed E-state index contributed by atoms with van der Waals surface area (Å²) in [6, 6.07) is 9.53. The van der Waals surface area contributed by atoms with Gasteiger partial charge in [-0.3, -0.25) is 4.79 Å². The molecule has 0 unspecified atom stereocenters. The minimum absolute atomic E-state index is 0.169. The molecule has 0 aromatic heterocycles. The molecule has 0 saturated heterocycles. The predicted molar refractivity (Wildman–Crippen MR) is 92.8 cm³/mol. The number of hydrogen-bond donors (Lipinski definition) is 5. The summed E-state index contributed by atoms with van der Waals surface area (Å²) in [5.74, 6) is -1.61. The van der Waals surface area contributed by atoms with Gasteiger partial charge in [-0.05, 0) is 49.1 Å². The number of unbranched alkanes of at least 4 members (excludes halogenated alkanes) is 1. The van der Waals surface area contributed by atoms with Gasteiger partial charge < -0.3 is 20.4 Å². The van der Waals surface area contributed by atoms with Gasteiger partial charge in [0.25, 0.3) is 0 Å². The first-order valence-corrected chi connectivity index (χ1v) is 7.81. The normalized spacial score (nSPS) is 10.9. The van der Waals surface area contributed by atoms with E-state index >= 15 is 0 Å². The number of hydrazone groups is 1. The number of nitrogens with one attached hydrogen (secondary N) is 1. The molecule has 1 amide bonds. The minimum Gasteiger partial charge on any atom is -0.508 e. The largest absolute Gasteiger partial charge is 0.508 e. The second-order valence-corrected chi connectivity index (χ2v) is 5.54. The third kappa shape index (κ3) is 5.42. The molecule has 0 radical (unpaired) electrons. The first-order chi connectivity index (χ1) is 12.0. The van der Waals surface area contributed by atoms with E-state index in [1.165, 1.54) is 18.3 Å². The molecule has 0 bridgehead atoms. The number of carbonyl (C=O) groups excluding carboxylic acids is 1. The van der Waals surface area contributed by atoms with Crippen LogP contribution in [0.15, 0.2) is 41.5 Å². The van der Waals surface area contributed by atoms with Crippen molar-refractivity contribution in [3.05, 3.63) is 47.5 Å². The molecule has 5 N–H and O–H groups in total. The van der Waals surface area contributed by atoms with Crippen molar-refractivity contribution in [1.29, 1.82) is 0 Å². The highest BCUT2D eigenvalue weighted by molar-refractivity contribution is 5.86. The summed E-state index contributed by atoms with van der Waals surface area (Å²) in [4.78, 5) is 11.7. The Morgan fingerprint density at radius 3 is 2.40 bits per heavy atom. The zero-order valence-corrected chi connectivity index (χ0v) is 13.5. The summed E-state index contributed by atoms with van der Waals surface area (Å²) in [7, 11) is 0. The monoisotopic (exact) mass is 344 g/mol. The first-order valence-electron chi connectivity index (χ1n) is 7.81. The van der Waals surface area contributed by atoms with Gasteiger partial charge in [0.2, 0.25) is 11.7 Å². The number of carbonyl (C=O) groups is 1. The van der Waals surface area contributed by atoms with Crippen LogP contribution in [0.5, 0.6) is 23.0 Å². The molecule has 0 atom stereocenters. The second kappa shape index (κ2) is 8.58. The van der Waals surface area contributed by atoms with E-state index in [2.05, 4.69) is 10.5 Å². The molecular weight excluding hydrogens is 324 g/mol. The van der Waals surface area contributed by atoms with Crippen molar-refractivity contribution >= 4 is 12.1 Å². The molecular formula is C18H20N2O5. The lowest BCUT2D eigenvalue weighted by Crippen LogP contribution is -2.17. The molecule has 0 aliphatic heterocycles. The highest BCUT2D eigenvalue weighted by atomic mass is 16.3. The van der Waals surface area contributed by atoms with Crippen molar-refractivity contribution in [3.8, 4) is 23.0 Å². The van der Waals surface area contributed by atoms with Gasteiger partial charge in [0.1, 0.15) is 5.75 Å². The topological polar surface area (TPSA) is 122 Å². The van der Waals surface area contributed by atoms with Crippen molar-refractivity contribution in [3.63, 3.8) is 0 Å². The standard InChI is InChI=1S/C18H20N2O5/c21-14-8-5-12(6-9-14)3-1-2-4-16(23)20-19-11-13-7-10-15(22)18(25)17(13)24/h5-11,21-22,24-25H,1-4H2,(H,20,23)/b19-11+. The molecule has 0 saturated carbocycles. The quantitative estimate of drug-likeness (QED) is 0.228. The third-order valence-corrected chi connectivity index (χ3v) is 3.61. The summed E-state index contributed by atoms with van der Waals surface area (Å²) >= 11 is 0. The third-order valence-electron chi connectivity index (χ3n) is 3.61. The van der Waals surface area contributed by atoms with Crippen LogP contribution in [0.1, 0.15) is 30.4 Å². The molecule has 2 rings (SSSR count). The Kier molecular flexibility index (Phi) is 6.22. The lowest BCUT2D eigenvalue weighted by Gasteiger charge is -2.04. The lowest BCUT2D eigenvalue weighted by atomic mass is 10.1. The number of benzene rings is 2. The van der Waals surface area contributed by atoms with E-state index in [1.807, 2.05) is 12.1 Å². The molecule has 0 heterocycles. The molecule has 25 heavy (non-hydrogen) atoms. The van der Waals surface area contributed by atoms with Crippen LogP contribution in [0, 0.1) is 0 Å². The Hall–Kier alpha value is -3.22. The predicted octanol–water partition coefficient (Wildman–Crippen LogP) is 2.37. The van der Waals surface area contributed by atoms with Crippen LogP contribution in [0.25, 0.3) is 0 Å². The molecule has 0 fully saturated rings. The highest BCUT2D eigenvalue weighted by Gasteiger charge is 2.09. The Bertz CT molecular complexity index is 757. The fraction of sp³-hybridized carbons (Fsp3) is 0.222. The number of aromatic hydroxyl groups is 4. The Labute approximate surface area is 144 Å². The van der Waals surface area contributed by atoms with Crippen molar-refractivity contribution < 1.29 is 25.2 Å². The number of amides is 1. The number of hydrogen-bond acceptors (Lipinski definition) is 6. The average Bonchev–Trinajstić information content (AvgIpc) is 2.60. The van der Waals surface area contributed by atoms with Crippen LogP contribution in [0.4, 0.5) is 0 Å². The molecule has 0 spiro atoms. The fourth-order valence-electron chi connectivity index (χ4n) is 2.20. The van der Waals surface area contributed by atoms with Gasteiger partial charge in [-0.2, -0.15) is 5.10 Å². The van der Waals surface area contributed by atoms with Gasteiger partial charge in [-0.1, -0.05) is 12.1 Å². The summed E-state index contributed by atoms with van der Waals surface area (Å²) < 4.78 is 0. The highest BCUT2D eigenvalue weighted by Crippen LogP contribution is 2.36. The van der Waals surface area contributed by atoms with Crippen molar-refractivity contribution in [2.24, 2.45) is 5.10 Å². The molecule has 7 nitrogen and oxygen atoms in total.